The van der Waals surface area contributed by atoms with E-state index in [1.54, 1.807) is 0 Å². The standard InChI is InChI=1S/C57H105NO5/c1-4-7-10-13-16-19-22-25-27-28-29-31-34-37-40-43-46-49-55(60)54(52-59)58-56(61)51-53(48-45-42-39-36-33-30-24-21-18-15-12-9-6-3)63-57(62)50-47-44-41-38-35-32-26-23-20-17-14-11-8-5-2/h8,11,17,20-21,24,26,32,53-55,59-60H,4-7,9-10,12-16,18-19,22-23,25,27-31,33-52H2,1-3H3,(H,58,61)/b11-8+,20-17+,24-21-,32-26+. The quantitative estimate of drug-likeness (QED) is 0.0321. The maximum Gasteiger partial charge on any atom is 0.306 e. The number of rotatable bonds is 49. The van der Waals surface area contributed by atoms with E-state index in [9.17, 15) is 19.8 Å². The summed E-state index contributed by atoms with van der Waals surface area (Å²) in [6, 6.07) is -0.709. The number of nitrogens with one attached hydrogen (secondary N) is 1. The number of carbonyl (C=O) groups is 2. The molecule has 0 fully saturated rings. The second-order valence-electron chi connectivity index (χ2n) is 18.6. The van der Waals surface area contributed by atoms with Crippen LogP contribution in [0.4, 0.5) is 0 Å². The largest absolute Gasteiger partial charge is 0.462 e. The molecule has 368 valence electrons. The van der Waals surface area contributed by atoms with Crippen LogP contribution in [0.25, 0.3) is 0 Å². The van der Waals surface area contributed by atoms with Crippen molar-refractivity contribution in [3.8, 4) is 0 Å². The minimum absolute atomic E-state index is 0.0636. The van der Waals surface area contributed by atoms with E-state index in [2.05, 4.69) is 74.7 Å². The van der Waals surface area contributed by atoms with Crippen LogP contribution in [0.2, 0.25) is 0 Å². The number of ether oxygens (including phenoxy) is 1. The van der Waals surface area contributed by atoms with Gasteiger partial charge < -0.3 is 20.3 Å². The minimum atomic E-state index is -0.794. The molecule has 0 heterocycles. The fraction of sp³-hybridized carbons (Fsp3) is 0.825. The van der Waals surface area contributed by atoms with E-state index >= 15 is 0 Å². The van der Waals surface area contributed by atoms with Crippen LogP contribution in [0.3, 0.4) is 0 Å². The third-order valence-corrected chi connectivity index (χ3v) is 12.4. The van der Waals surface area contributed by atoms with Gasteiger partial charge in [-0.3, -0.25) is 9.59 Å². The van der Waals surface area contributed by atoms with Crippen molar-refractivity contribution in [1.82, 2.24) is 5.32 Å². The van der Waals surface area contributed by atoms with Gasteiger partial charge in [0.2, 0.25) is 5.91 Å². The van der Waals surface area contributed by atoms with E-state index in [1.807, 2.05) is 0 Å². The molecule has 0 saturated carbocycles. The second-order valence-corrected chi connectivity index (χ2v) is 18.6. The molecule has 0 radical (unpaired) electrons. The minimum Gasteiger partial charge on any atom is -0.462 e. The Morgan fingerprint density at radius 2 is 0.857 bits per heavy atom. The molecule has 6 nitrogen and oxygen atoms in total. The van der Waals surface area contributed by atoms with Gasteiger partial charge in [-0.05, 0) is 83.5 Å². The van der Waals surface area contributed by atoms with Crippen LogP contribution in [-0.2, 0) is 14.3 Å². The fourth-order valence-electron chi connectivity index (χ4n) is 8.26. The second kappa shape index (κ2) is 50.8. The van der Waals surface area contributed by atoms with E-state index in [0.717, 1.165) is 96.3 Å². The summed E-state index contributed by atoms with van der Waals surface area (Å²) in [5, 5.41) is 23.8. The lowest BCUT2D eigenvalue weighted by molar-refractivity contribution is -0.151. The van der Waals surface area contributed by atoms with Crippen molar-refractivity contribution >= 4 is 11.9 Å². The highest BCUT2D eigenvalue weighted by atomic mass is 16.5. The predicted molar refractivity (Wildman–Crippen MR) is 273 cm³/mol. The smallest absolute Gasteiger partial charge is 0.306 e. The predicted octanol–water partition coefficient (Wildman–Crippen LogP) is 16.6. The van der Waals surface area contributed by atoms with Gasteiger partial charge in [-0.15, -0.1) is 0 Å². The topological polar surface area (TPSA) is 95.9 Å². The van der Waals surface area contributed by atoms with Crippen molar-refractivity contribution in [3.63, 3.8) is 0 Å². The number of unbranched alkanes of at least 4 members (excludes halogenated alkanes) is 29. The van der Waals surface area contributed by atoms with Gasteiger partial charge in [0.15, 0.2) is 0 Å². The van der Waals surface area contributed by atoms with Crippen molar-refractivity contribution < 1.29 is 24.5 Å². The van der Waals surface area contributed by atoms with Gasteiger partial charge >= 0.3 is 5.97 Å². The molecule has 0 aliphatic rings. The SMILES string of the molecule is CC/C=C/C/C=C/C/C=C/CCCCCCC(=O)OC(CCCCCCC/C=C\CCCCCC)CC(=O)NC(CO)C(O)CCCCCCCCCCCCCCCCCCC. The summed E-state index contributed by atoms with van der Waals surface area (Å²) in [5.74, 6) is -0.501. The zero-order chi connectivity index (χ0) is 45.9. The molecule has 0 spiro atoms. The molecule has 0 aromatic rings. The molecule has 0 aromatic heterocycles. The van der Waals surface area contributed by atoms with E-state index in [1.165, 1.54) is 135 Å². The summed E-state index contributed by atoms with van der Waals surface area (Å²) in [4.78, 5) is 26.2. The van der Waals surface area contributed by atoms with Crippen molar-refractivity contribution in [2.75, 3.05) is 6.61 Å². The Kier molecular flexibility index (Phi) is 49.1. The van der Waals surface area contributed by atoms with Crippen LogP contribution >= 0.6 is 0 Å². The van der Waals surface area contributed by atoms with E-state index in [0.29, 0.717) is 19.3 Å². The maximum absolute atomic E-state index is 13.2. The lowest BCUT2D eigenvalue weighted by atomic mass is 10.0. The Morgan fingerprint density at radius 3 is 1.33 bits per heavy atom. The first kappa shape index (κ1) is 60.8. The van der Waals surface area contributed by atoms with Crippen molar-refractivity contribution in [3.05, 3.63) is 48.6 Å². The number of amides is 1. The number of allylic oxidation sites excluding steroid dienone is 8. The molecule has 6 heteroatoms. The molecular weight excluding hydrogens is 779 g/mol. The highest BCUT2D eigenvalue weighted by Crippen LogP contribution is 2.18. The van der Waals surface area contributed by atoms with Crippen LogP contribution in [0, 0.1) is 0 Å². The number of hydrogen-bond acceptors (Lipinski definition) is 5. The maximum atomic E-state index is 13.2. The highest BCUT2D eigenvalue weighted by molar-refractivity contribution is 5.77. The number of hydrogen-bond donors (Lipinski definition) is 3. The first-order chi connectivity index (χ1) is 31.0. The number of esters is 1. The zero-order valence-corrected chi connectivity index (χ0v) is 42.0. The van der Waals surface area contributed by atoms with Crippen molar-refractivity contribution in [2.45, 2.75) is 296 Å². The van der Waals surface area contributed by atoms with Gasteiger partial charge in [0, 0.05) is 6.42 Å². The highest BCUT2D eigenvalue weighted by Gasteiger charge is 2.24. The van der Waals surface area contributed by atoms with E-state index < -0.39 is 18.2 Å². The molecular formula is C57H105NO5. The van der Waals surface area contributed by atoms with Gasteiger partial charge in [-0.2, -0.15) is 0 Å². The third kappa shape index (κ3) is 46.2. The summed E-state index contributed by atoms with van der Waals surface area (Å²) < 4.78 is 5.93. The molecule has 1 amide bonds. The Hall–Kier alpha value is -2.18. The molecule has 0 saturated heterocycles. The molecule has 3 unspecified atom stereocenters. The lowest BCUT2D eigenvalue weighted by Gasteiger charge is -2.24. The molecule has 0 aromatic carbocycles. The average Bonchev–Trinajstić information content (AvgIpc) is 3.28. The van der Waals surface area contributed by atoms with E-state index in [-0.39, 0.29) is 24.9 Å². The van der Waals surface area contributed by atoms with Crippen LogP contribution in [0.5, 0.6) is 0 Å². The van der Waals surface area contributed by atoms with Crippen LogP contribution in [-0.4, -0.2) is 46.9 Å². The molecule has 3 atom stereocenters. The molecule has 0 aliphatic heterocycles. The first-order valence-corrected chi connectivity index (χ1v) is 27.4. The Labute approximate surface area is 391 Å². The number of aliphatic hydroxyl groups is 2. The van der Waals surface area contributed by atoms with Crippen LogP contribution in [0.1, 0.15) is 278 Å². The summed E-state index contributed by atoms with van der Waals surface area (Å²) in [7, 11) is 0. The summed E-state index contributed by atoms with van der Waals surface area (Å²) in [6.45, 7) is 6.37. The molecule has 0 bridgehead atoms. The zero-order valence-electron chi connectivity index (χ0n) is 42.0. The molecule has 3 N–H and O–H groups in total. The lowest BCUT2D eigenvalue weighted by Crippen LogP contribution is -2.46. The summed E-state index contributed by atoms with van der Waals surface area (Å²) in [6.07, 6.45) is 61.7. The van der Waals surface area contributed by atoms with Crippen LogP contribution < -0.4 is 5.32 Å². The van der Waals surface area contributed by atoms with Crippen LogP contribution in [0.15, 0.2) is 48.6 Å². The van der Waals surface area contributed by atoms with Gasteiger partial charge in [0.25, 0.3) is 0 Å². The van der Waals surface area contributed by atoms with E-state index in [4.69, 9.17) is 4.74 Å². The fourth-order valence-corrected chi connectivity index (χ4v) is 8.26. The monoisotopic (exact) mass is 884 g/mol. The normalized spacial score (nSPS) is 13.5. The van der Waals surface area contributed by atoms with Gasteiger partial charge in [0.1, 0.15) is 6.10 Å². The first-order valence-electron chi connectivity index (χ1n) is 27.4. The average molecular weight is 884 g/mol. The summed E-state index contributed by atoms with van der Waals surface area (Å²) in [5.41, 5.74) is 0. The Bertz CT molecular complexity index is 1080. The Morgan fingerprint density at radius 1 is 0.476 bits per heavy atom. The van der Waals surface area contributed by atoms with Gasteiger partial charge in [0.05, 0.1) is 25.2 Å². The van der Waals surface area contributed by atoms with Crippen molar-refractivity contribution in [1.29, 1.82) is 0 Å². The number of aliphatic hydroxyl groups excluding tert-OH is 2. The number of carbonyl (C=O) groups excluding carboxylic acids is 2. The summed E-state index contributed by atoms with van der Waals surface area (Å²) >= 11 is 0. The Balaban J connectivity index is 4.54. The molecule has 0 rings (SSSR count). The van der Waals surface area contributed by atoms with Gasteiger partial charge in [-0.1, -0.05) is 230 Å². The molecule has 0 aliphatic carbocycles. The van der Waals surface area contributed by atoms with Gasteiger partial charge in [-0.25, -0.2) is 0 Å². The van der Waals surface area contributed by atoms with Crippen molar-refractivity contribution in [2.24, 2.45) is 0 Å². The molecule has 63 heavy (non-hydrogen) atoms. The third-order valence-electron chi connectivity index (χ3n) is 12.4.